The summed E-state index contributed by atoms with van der Waals surface area (Å²) in [6.07, 6.45) is 6.09. The monoisotopic (exact) mass is 320 g/mol. The lowest BCUT2D eigenvalue weighted by atomic mass is 9.88. The van der Waals surface area contributed by atoms with E-state index in [9.17, 15) is 4.79 Å². The Hall–Kier alpha value is -1.37. The molecule has 0 aromatic carbocycles. The molecule has 0 saturated carbocycles. The number of hydrogen-bond acceptors (Lipinski definition) is 5. The number of likely N-dealkylation sites (tertiary alicyclic amines) is 1. The molecule has 6 nitrogen and oxygen atoms in total. The number of amides is 1. The van der Waals surface area contributed by atoms with Crippen LogP contribution in [0.2, 0.25) is 0 Å². The SMILES string of the molecule is O=C(C1CCC2(CCN(Cc3ccco3)CC2)O1)N1CCCO1. The van der Waals surface area contributed by atoms with Crippen LogP contribution < -0.4 is 0 Å². The summed E-state index contributed by atoms with van der Waals surface area (Å²) in [4.78, 5) is 20.2. The van der Waals surface area contributed by atoms with Gasteiger partial charge in [-0.25, -0.2) is 5.06 Å². The van der Waals surface area contributed by atoms with Gasteiger partial charge in [0, 0.05) is 13.1 Å². The number of carbonyl (C=O) groups is 1. The minimum Gasteiger partial charge on any atom is -0.468 e. The van der Waals surface area contributed by atoms with Gasteiger partial charge in [-0.15, -0.1) is 0 Å². The molecule has 3 fully saturated rings. The highest BCUT2D eigenvalue weighted by Gasteiger charge is 2.46. The van der Waals surface area contributed by atoms with Gasteiger partial charge in [0.15, 0.2) is 0 Å². The van der Waals surface area contributed by atoms with Crippen molar-refractivity contribution in [3.8, 4) is 0 Å². The van der Waals surface area contributed by atoms with Crippen LogP contribution in [-0.2, 0) is 20.9 Å². The maximum absolute atomic E-state index is 12.4. The molecule has 3 aliphatic rings. The van der Waals surface area contributed by atoms with Crippen molar-refractivity contribution in [1.82, 2.24) is 9.96 Å². The third-order valence-electron chi connectivity index (χ3n) is 5.26. The standard InChI is InChI=1S/C17H24N2O4/c20-16(19-8-2-12-22-19)15-4-5-17(23-15)6-9-18(10-7-17)13-14-3-1-11-21-14/h1,3,11,15H,2,4-10,12-13H2. The van der Waals surface area contributed by atoms with Gasteiger partial charge >= 0.3 is 0 Å². The molecule has 23 heavy (non-hydrogen) atoms. The maximum atomic E-state index is 12.4. The van der Waals surface area contributed by atoms with Crippen molar-refractivity contribution in [2.75, 3.05) is 26.2 Å². The van der Waals surface area contributed by atoms with E-state index in [-0.39, 0.29) is 17.6 Å². The minimum atomic E-state index is -0.315. The Balaban J connectivity index is 1.30. The summed E-state index contributed by atoms with van der Waals surface area (Å²) in [5, 5.41) is 1.50. The largest absolute Gasteiger partial charge is 0.468 e. The molecule has 1 spiro atoms. The van der Waals surface area contributed by atoms with Crippen LogP contribution in [0.4, 0.5) is 0 Å². The van der Waals surface area contributed by atoms with Gasteiger partial charge in [0.05, 0.1) is 31.6 Å². The zero-order chi connectivity index (χ0) is 15.7. The van der Waals surface area contributed by atoms with Crippen LogP contribution in [0.15, 0.2) is 22.8 Å². The first-order valence-electron chi connectivity index (χ1n) is 8.61. The second kappa shape index (κ2) is 6.26. The van der Waals surface area contributed by atoms with Crippen molar-refractivity contribution in [2.24, 2.45) is 0 Å². The highest BCUT2D eigenvalue weighted by Crippen LogP contribution is 2.39. The molecule has 0 N–H and O–H groups in total. The molecular weight excluding hydrogens is 296 g/mol. The Bertz CT molecular complexity index is 531. The lowest BCUT2D eigenvalue weighted by Crippen LogP contribution is -2.45. The van der Waals surface area contributed by atoms with Gasteiger partial charge in [0.25, 0.3) is 5.91 Å². The summed E-state index contributed by atoms with van der Waals surface area (Å²) in [5.41, 5.74) is -0.111. The van der Waals surface area contributed by atoms with Crippen LogP contribution in [-0.4, -0.2) is 53.8 Å². The molecule has 1 amide bonds. The summed E-state index contributed by atoms with van der Waals surface area (Å²) >= 11 is 0. The van der Waals surface area contributed by atoms with E-state index in [0.717, 1.165) is 57.5 Å². The normalized spacial score (nSPS) is 27.8. The summed E-state index contributed by atoms with van der Waals surface area (Å²) in [7, 11) is 0. The van der Waals surface area contributed by atoms with Crippen LogP contribution >= 0.6 is 0 Å². The van der Waals surface area contributed by atoms with Crippen molar-refractivity contribution in [1.29, 1.82) is 0 Å². The van der Waals surface area contributed by atoms with Gasteiger partial charge in [0.1, 0.15) is 11.9 Å². The molecule has 6 heteroatoms. The minimum absolute atomic E-state index is 0.0115. The first-order valence-corrected chi connectivity index (χ1v) is 8.61. The van der Waals surface area contributed by atoms with Gasteiger partial charge in [-0.2, -0.15) is 0 Å². The Labute approximate surface area is 136 Å². The summed E-state index contributed by atoms with van der Waals surface area (Å²) in [6.45, 7) is 4.17. The topological polar surface area (TPSA) is 55.2 Å². The van der Waals surface area contributed by atoms with Crippen LogP contribution in [0.3, 0.4) is 0 Å². The fourth-order valence-electron chi connectivity index (χ4n) is 3.88. The first-order chi connectivity index (χ1) is 11.2. The predicted octanol–water partition coefficient (Wildman–Crippen LogP) is 1.96. The fraction of sp³-hybridized carbons (Fsp3) is 0.706. The zero-order valence-corrected chi connectivity index (χ0v) is 13.4. The number of rotatable bonds is 3. The van der Waals surface area contributed by atoms with Crippen molar-refractivity contribution in [2.45, 2.75) is 50.4 Å². The van der Waals surface area contributed by atoms with E-state index in [1.807, 2.05) is 12.1 Å². The fourth-order valence-corrected chi connectivity index (χ4v) is 3.88. The average molecular weight is 320 g/mol. The molecule has 4 heterocycles. The Morgan fingerprint density at radius 1 is 1.26 bits per heavy atom. The Morgan fingerprint density at radius 2 is 2.13 bits per heavy atom. The number of furan rings is 1. The Kier molecular flexibility index (Phi) is 4.13. The molecule has 3 aliphatic heterocycles. The smallest absolute Gasteiger partial charge is 0.275 e. The van der Waals surface area contributed by atoms with E-state index in [4.69, 9.17) is 14.0 Å². The van der Waals surface area contributed by atoms with E-state index in [2.05, 4.69) is 4.90 Å². The summed E-state index contributed by atoms with van der Waals surface area (Å²) in [5.74, 6) is 1.02. The zero-order valence-electron chi connectivity index (χ0n) is 13.4. The molecule has 1 aromatic heterocycles. The number of ether oxygens (including phenoxy) is 1. The molecule has 1 atom stereocenters. The van der Waals surface area contributed by atoms with Crippen LogP contribution in [0.5, 0.6) is 0 Å². The van der Waals surface area contributed by atoms with E-state index < -0.39 is 0 Å². The number of piperidine rings is 1. The second-order valence-electron chi connectivity index (χ2n) is 6.81. The van der Waals surface area contributed by atoms with Gasteiger partial charge in [-0.3, -0.25) is 14.5 Å². The molecule has 3 saturated heterocycles. The number of hydroxylamine groups is 2. The van der Waals surface area contributed by atoms with Crippen LogP contribution in [0.25, 0.3) is 0 Å². The van der Waals surface area contributed by atoms with E-state index in [0.29, 0.717) is 13.2 Å². The van der Waals surface area contributed by atoms with E-state index in [1.54, 1.807) is 6.26 Å². The van der Waals surface area contributed by atoms with Gasteiger partial charge in [-0.05, 0) is 44.2 Å². The maximum Gasteiger partial charge on any atom is 0.275 e. The highest BCUT2D eigenvalue weighted by molar-refractivity contribution is 5.80. The van der Waals surface area contributed by atoms with Gasteiger partial charge < -0.3 is 9.15 Å². The third-order valence-corrected chi connectivity index (χ3v) is 5.26. The number of carbonyl (C=O) groups excluding carboxylic acids is 1. The molecule has 4 rings (SSSR count). The molecule has 126 valence electrons. The third kappa shape index (κ3) is 3.16. The van der Waals surface area contributed by atoms with Crippen molar-refractivity contribution in [3.05, 3.63) is 24.2 Å². The van der Waals surface area contributed by atoms with Crippen molar-refractivity contribution >= 4 is 5.91 Å². The molecule has 0 radical (unpaired) electrons. The van der Waals surface area contributed by atoms with E-state index >= 15 is 0 Å². The van der Waals surface area contributed by atoms with Crippen molar-refractivity contribution in [3.63, 3.8) is 0 Å². The van der Waals surface area contributed by atoms with Gasteiger partial charge in [0.2, 0.25) is 0 Å². The van der Waals surface area contributed by atoms with E-state index in [1.165, 1.54) is 5.06 Å². The lowest BCUT2D eigenvalue weighted by Gasteiger charge is -2.38. The van der Waals surface area contributed by atoms with Crippen LogP contribution in [0.1, 0.15) is 37.9 Å². The number of hydrogen-bond donors (Lipinski definition) is 0. The second-order valence-corrected chi connectivity index (χ2v) is 6.81. The summed E-state index contributed by atoms with van der Waals surface area (Å²) in [6, 6.07) is 3.94. The molecule has 1 unspecified atom stereocenters. The molecular formula is C17H24N2O4. The quantitative estimate of drug-likeness (QED) is 0.852. The van der Waals surface area contributed by atoms with Crippen molar-refractivity contribution < 1.29 is 18.8 Å². The Morgan fingerprint density at radius 3 is 2.83 bits per heavy atom. The van der Waals surface area contributed by atoms with Gasteiger partial charge in [-0.1, -0.05) is 0 Å². The predicted molar refractivity (Wildman–Crippen MR) is 82.3 cm³/mol. The highest BCUT2D eigenvalue weighted by atomic mass is 16.7. The first kappa shape index (κ1) is 15.2. The average Bonchev–Trinajstić information content (AvgIpc) is 3.31. The number of nitrogens with zero attached hydrogens (tertiary/aromatic N) is 2. The van der Waals surface area contributed by atoms with Crippen LogP contribution in [0, 0.1) is 0 Å². The molecule has 0 bridgehead atoms. The molecule has 0 aliphatic carbocycles. The summed E-state index contributed by atoms with van der Waals surface area (Å²) < 4.78 is 11.6. The molecule has 1 aromatic rings. The lowest BCUT2D eigenvalue weighted by molar-refractivity contribution is -0.185.